The van der Waals surface area contributed by atoms with Crippen LogP contribution in [0.15, 0.2) is 18.3 Å². The van der Waals surface area contributed by atoms with Crippen molar-refractivity contribution in [2.45, 2.75) is 0 Å². The van der Waals surface area contributed by atoms with Gasteiger partial charge in [-0.3, -0.25) is 4.39 Å². The van der Waals surface area contributed by atoms with Crippen LogP contribution in [0.1, 0.15) is 0 Å². The van der Waals surface area contributed by atoms with E-state index in [-0.39, 0.29) is 0 Å². The Morgan fingerprint density at radius 1 is 1.67 bits per heavy atom. The van der Waals surface area contributed by atoms with Gasteiger partial charge in [-0.05, 0) is 0 Å². The molecule has 1 aromatic rings. The Morgan fingerprint density at radius 2 is 2.33 bits per heavy atom. The van der Waals surface area contributed by atoms with Crippen LogP contribution in [-0.2, 0) is 16.3 Å². The summed E-state index contributed by atoms with van der Waals surface area (Å²) in [5.41, 5.74) is 0. The number of hydrogen-bond donors (Lipinski definition) is 0. The van der Waals surface area contributed by atoms with Crippen LogP contribution in [-0.4, -0.2) is 4.98 Å². The van der Waals surface area contributed by atoms with E-state index in [2.05, 4.69) is 24.7 Å². The molecule has 0 saturated heterocycles. The summed E-state index contributed by atoms with van der Waals surface area (Å²) in [6, 6.07) is 5.25. The molecule has 1 rings (SSSR count). The van der Waals surface area contributed by atoms with Crippen LogP contribution in [0.25, 0.3) is 0 Å². The summed E-state index contributed by atoms with van der Waals surface area (Å²) in [5, 5.41) is 0. The SMILES string of the molecule is Fc1c[c-]ccn1.[Zn+][Br]. The molecule has 0 N–H and O–H groups in total. The molecule has 0 fully saturated rings. The molecule has 0 aromatic carbocycles. The Hall–Kier alpha value is 0.183. The summed E-state index contributed by atoms with van der Waals surface area (Å²) in [7, 11) is 0. The van der Waals surface area contributed by atoms with E-state index in [4.69, 9.17) is 0 Å². The van der Waals surface area contributed by atoms with Crippen LogP contribution < -0.4 is 0 Å². The van der Waals surface area contributed by atoms with Gasteiger partial charge in [0.25, 0.3) is 0 Å². The second kappa shape index (κ2) is 6.31. The van der Waals surface area contributed by atoms with E-state index in [0.29, 0.717) is 0 Å². The molecule has 1 heterocycles. The fourth-order valence-electron chi connectivity index (χ4n) is 0.306. The molecule has 1 aromatic heterocycles. The van der Waals surface area contributed by atoms with E-state index in [1.54, 1.807) is 6.07 Å². The molecule has 0 radical (unpaired) electrons. The van der Waals surface area contributed by atoms with E-state index in [0.717, 1.165) is 0 Å². The second-order valence-electron chi connectivity index (χ2n) is 1.08. The molecule has 0 amide bonds. The molecule has 0 atom stereocenters. The normalized spacial score (nSPS) is 7.56. The average Bonchev–Trinajstić information content (AvgIpc) is 1.94. The van der Waals surface area contributed by atoms with Gasteiger partial charge in [-0.2, -0.15) is 12.1 Å². The molecular weight excluding hydrogens is 238 g/mol. The number of nitrogens with zero attached hydrogens (tertiary/aromatic N) is 1. The zero-order chi connectivity index (χ0) is 7.11. The minimum atomic E-state index is -0.484. The van der Waals surface area contributed by atoms with Crippen LogP contribution in [0.4, 0.5) is 4.39 Å². The summed E-state index contributed by atoms with van der Waals surface area (Å²) in [5.74, 6) is -0.484. The third kappa shape index (κ3) is 4.67. The molecule has 0 aliphatic heterocycles. The van der Waals surface area contributed by atoms with Gasteiger partial charge in [-0.1, -0.05) is 6.20 Å². The molecule has 0 unspecified atom stereocenters. The molecule has 0 aliphatic carbocycles. The van der Waals surface area contributed by atoms with Crippen LogP contribution in [0, 0.1) is 12.0 Å². The predicted octanol–water partition coefficient (Wildman–Crippen LogP) is 1.86. The number of halogens is 2. The quantitative estimate of drug-likeness (QED) is 0.384. The zero-order valence-corrected chi connectivity index (χ0v) is 9.20. The van der Waals surface area contributed by atoms with Crippen molar-refractivity contribution in [3.8, 4) is 0 Å². The second-order valence-corrected chi connectivity index (χ2v) is 1.08. The van der Waals surface area contributed by atoms with E-state index in [1.165, 1.54) is 28.6 Å². The number of pyridine rings is 1. The number of hydrogen-bond acceptors (Lipinski definition) is 1. The zero-order valence-electron chi connectivity index (χ0n) is 4.64. The molecular formula is C5H3BrFNZn. The maximum atomic E-state index is 11.8. The minimum absolute atomic E-state index is 0.484. The molecule has 0 saturated carbocycles. The fourth-order valence-corrected chi connectivity index (χ4v) is 0.306. The van der Waals surface area contributed by atoms with E-state index in [1.807, 2.05) is 0 Å². The van der Waals surface area contributed by atoms with Crippen LogP contribution in [0.2, 0.25) is 0 Å². The Balaban J connectivity index is 0.000000291. The molecule has 4 heteroatoms. The van der Waals surface area contributed by atoms with E-state index < -0.39 is 5.95 Å². The molecule has 44 valence electrons. The molecule has 0 spiro atoms. The van der Waals surface area contributed by atoms with Crippen LogP contribution >= 0.6 is 13.6 Å². The predicted molar refractivity (Wildman–Crippen MR) is 32.0 cm³/mol. The van der Waals surface area contributed by atoms with Gasteiger partial charge < -0.3 is 4.98 Å². The number of aromatic nitrogens is 1. The first-order chi connectivity index (χ1) is 4.39. The molecule has 9 heavy (non-hydrogen) atoms. The summed E-state index contributed by atoms with van der Waals surface area (Å²) < 4.78 is 11.8. The Bertz CT molecular complexity index is 147. The first kappa shape index (κ1) is 9.18. The van der Waals surface area contributed by atoms with Crippen LogP contribution in [0.5, 0.6) is 0 Å². The van der Waals surface area contributed by atoms with Crippen molar-refractivity contribution in [1.29, 1.82) is 0 Å². The molecule has 0 aliphatic rings. The summed E-state index contributed by atoms with van der Waals surface area (Å²) in [6.07, 6.45) is 1.36. The van der Waals surface area contributed by atoms with Gasteiger partial charge in [0.05, 0.1) is 5.95 Å². The average molecular weight is 241 g/mol. The van der Waals surface area contributed by atoms with Crippen molar-refractivity contribution in [2.75, 3.05) is 0 Å². The Labute approximate surface area is 69.7 Å². The van der Waals surface area contributed by atoms with Gasteiger partial charge in [0.1, 0.15) is 0 Å². The van der Waals surface area contributed by atoms with Gasteiger partial charge in [-0.25, -0.2) is 0 Å². The van der Waals surface area contributed by atoms with Gasteiger partial charge in [0.2, 0.25) is 0 Å². The van der Waals surface area contributed by atoms with Crippen LogP contribution in [0.3, 0.4) is 0 Å². The summed E-state index contributed by atoms with van der Waals surface area (Å²) in [4.78, 5) is 3.28. The monoisotopic (exact) mass is 239 g/mol. The van der Waals surface area contributed by atoms with Crippen molar-refractivity contribution in [3.05, 3.63) is 30.3 Å². The van der Waals surface area contributed by atoms with Crippen molar-refractivity contribution < 1.29 is 20.7 Å². The molecule has 0 bridgehead atoms. The summed E-state index contributed by atoms with van der Waals surface area (Å²) >= 11 is 4.25. The third-order valence-electron chi connectivity index (χ3n) is 0.571. The number of rotatable bonds is 0. The van der Waals surface area contributed by atoms with Crippen molar-refractivity contribution >= 4 is 13.6 Å². The Kier molecular flexibility index (Phi) is 6.43. The fraction of sp³-hybridized carbons (Fsp3) is 0. The topological polar surface area (TPSA) is 12.9 Å². The van der Waals surface area contributed by atoms with Gasteiger partial charge in [0, 0.05) is 0 Å². The summed E-state index contributed by atoms with van der Waals surface area (Å²) in [6.45, 7) is 0. The first-order valence-corrected chi connectivity index (χ1v) is 9.09. The first-order valence-electron chi connectivity index (χ1n) is 2.14. The Morgan fingerprint density at radius 3 is 2.56 bits per heavy atom. The standard InChI is InChI=1S/C5H3FN.BrH.Zn/c6-5-3-1-2-4-7-5;;/h2-4H;1H;/q-1;;+2/p-1. The maximum absolute atomic E-state index is 11.8. The van der Waals surface area contributed by atoms with Crippen molar-refractivity contribution in [2.24, 2.45) is 0 Å². The molecule has 1 nitrogen and oxygen atoms in total. The van der Waals surface area contributed by atoms with Gasteiger partial charge in [0.15, 0.2) is 0 Å². The van der Waals surface area contributed by atoms with Gasteiger partial charge >= 0.3 is 30.0 Å². The van der Waals surface area contributed by atoms with E-state index >= 15 is 0 Å². The third-order valence-corrected chi connectivity index (χ3v) is 0.571. The van der Waals surface area contributed by atoms with Crippen molar-refractivity contribution in [1.82, 2.24) is 4.98 Å². The van der Waals surface area contributed by atoms with E-state index in [9.17, 15) is 4.39 Å². The van der Waals surface area contributed by atoms with Crippen molar-refractivity contribution in [3.63, 3.8) is 0 Å². The van der Waals surface area contributed by atoms with Gasteiger partial charge in [-0.15, -0.1) is 6.07 Å².